The molecule has 0 aliphatic carbocycles. The highest BCUT2D eigenvalue weighted by atomic mass is 16.1. The van der Waals surface area contributed by atoms with E-state index in [9.17, 15) is 14.4 Å². The third-order valence-corrected chi connectivity index (χ3v) is 3.47. The smallest absolute Gasteiger partial charge is 0.136 e. The van der Waals surface area contributed by atoms with E-state index in [0.29, 0.717) is 31.1 Å². The first kappa shape index (κ1) is 24.2. The lowest BCUT2D eigenvalue weighted by Gasteiger charge is -2.08. The first-order valence-electron chi connectivity index (χ1n) is 8.80. The van der Waals surface area contributed by atoms with Gasteiger partial charge >= 0.3 is 0 Å². The summed E-state index contributed by atoms with van der Waals surface area (Å²) in [7, 11) is 0. The van der Waals surface area contributed by atoms with Crippen LogP contribution in [0.1, 0.15) is 74.7 Å². The van der Waals surface area contributed by atoms with E-state index < -0.39 is 0 Å². The molecule has 0 saturated heterocycles. The van der Waals surface area contributed by atoms with Crippen LogP contribution in [0.5, 0.6) is 0 Å². The van der Waals surface area contributed by atoms with Crippen molar-refractivity contribution in [3.63, 3.8) is 0 Å². The molecule has 1 N–H and O–H groups in total. The molecule has 0 saturated carbocycles. The van der Waals surface area contributed by atoms with Gasteiger partial charge in [0.05, 0.1) is 0 Å². The van der Waals surface area contributed by atoms with Crippen LogP contribution in [0.15, 0.2) is 0 Å². The van der Waals surface area contributed by atoms with E-state index in [0.717, 1.165) is 6.54 Å². The number of nitrogens with one attached hydrogen (secondary N) is 1. The Morgan fingerprint density at radius 2 is 0.913 bits per heavy atom. The van der Waals surface area contributed by atoms with Crippen molar-refractivity contribution >= 4 is 17.3 Å². The van der Waals surface area contributed by atoms with Gasteiger partial charge in [0.15, 0.2) is 0 Å². The third-order valence-electron chi connectivity index (χ3n) is 3.47. The first-order chi connectivity index (χ1) is 10.5. The Kier molecular flexibility index (Phi) is 14.1. The van der Waals surface area contributed by atoms with Gasteiger partial charge in [-0.2, -0.15) is 0 Å². The number of Topliss-reactive ketones (excluding diaryl/α,β-unsaturated/α-hetero) is 3. The van der Waals surface area contributed by atoms with Gasteiger partial charge < -0.3 is 5.32 Å². The summed E-state index contributed by atoms with van der Waals surface area (Å²) in [5, 5.41) is 3.21. The van der Waals surface area contributed by atoms with Gasteiger partial charge in [-0.05, 0) is 0 Å². The van der Waals surface area contributed by atoms with Gasteiger partial charge in [-0.1, -0.05) is 55.4 Å². The summed E-state index contributed by atoms with van der Waals surface area (Å²) >= 11 is 0. The summed E-state index contributed by atoms with van der Waals surface area (Å²) in [5.41, 5.74) is 0. The average Bonchev–Trinajstić information content (AvgIpc) is 2.43. The standard InChI is InChI=1S/C10H18O2.C9H19NO/c1-7(2)9(11)5-6-10(12)8(3)4;1-7(2)9(11)5-6-10-8(3)4/h7-8H,5-6H2,1-4H3;7-8,10H,5-6H2,1-4H3. The van der Waals surface area contributed by atoms with Crippen LogP contribution >= 0.6 is 0 Å². The second-order valence-corrected chi connectivity index (χ2v) is 7.22. The van der Waals surface area contributed by atoms with Crippen molar-refractivity contribution in [2.45, 2.75) is 80.7 Å². The first-order valence-corrected chi connectivity index (χ1v) is 8.80. The molecule has 4 heteroatoms. The van der Waals surface area contributed by atoms with Gasteiger partial charge in [0, 0.05) is 49.6 Å². The zero-order chi connectivity index (χ0) is 18.6. The highest BCUT2D eigenvalue weighted by molar-refractivity contribution is 5.87. The van der Waals surface area contributed by atoms with Crippen LogP contribution in [0.2, 0.25) is 0 Å². The van der Waals surface area contributed by atoms with Gasteiger partial charge in [0.25, 0.3) is 0 Å². The molecular formula is C19H37NO3. The van der Waals surface area contributed by atoms with Gasteiger partial charge in [-0.15, -0.1) is 0 Å². The number of rotatable bonds is 10. The average molecular weight is 328 g/mol. The van der Waals surface area contributed by atoms with E-state index in [1.54, 1.807) is 0 Å². The monoisotopic (exact) mass is 327 g/mol. The molecule has 0 heterocycles. The van der Waals surface area contributed by atoms with Crippen molar-refractivity contribution in [3.05, 3.63) is 0 Å². The molecule has 0 spiro atoms. The Morgan fingerprint density at radius 1 is 0.609 bits per heavy atom. The molecule has 0 unspecified atom stereocenters. The fourth-order valence-corrected chi connectivity index (χ4v) is 1.60. The van der Waals surface area contributed by atoms with E-state index in [1.807, 2.05) is 41.5 Å². The van der Waals surface area contributed by atoms with Crippen LogP contribution in [0.4, 0.5) is 0 Å². The highest BCUT2D eigenvalue weighted by Gasteiger charge is 2.12. The zero-order valence-corrected chi connectivity index (χ0v) is 16.4. The summed E-state index contributed by atoms with van der Waals surface area (Å²) in [6.07, 6.45) is 1.49. The van der Waals surface area contributed by atoms with Crippen molar-refractivity contribution in [1.82, 2.24) is 5.32 Å². The van der Waals surface area contributed by atoms with Crippen LogP contribution in [-0.4, -0.2) is 29.9 Å². The van der Waals surface area contributed by atoms with Gasteiger partial charge in [-0.3, -0.25) is 14.4 Å². The Labute approximate surface area is 142 Å². The van der Waals surface area contributed by atoms with Crippen molar-refractivity contribution in [3.8, 4) is 0 Å². The second kappa shape index (κ2) is 13.4. The van der Waals surface area contributed by atoms with Gasteiger partial charge in [-0.25, -0.2) is 0 Å². The molecule has 0 aliphatic rings. The molecule has 0 aromatic carbocycles. The lowest BCUT2D eigenvalue weighted by Crippen LogP contribution is -2.26. The minimum atomic E-state index is 0.0602. The topological polar surface area (TPSA) is 63.2 Å². The molecule has 0 atom stereocenters. The minimum absolute atomic E-state index is 0.0602. The van der Waals surface area contributed by atoms with Crippen LogP contribution in [0, 0.1) is 17.8 Å². The maximum Gasteiger partial charge on any atom is 0.136 e. The number of carbonyl (C=O) groups excluding carboxylic acids is 3. The van der Waals surface area contributed by atoms with Crippen LogP contribution < -0.4 is 5.32 Å². The van der Waals surface area contributed by atoms with Crippen LogP contribution in [0.3, 0.4) is 0 Å². The van der Waals surface area contributed by atoms with Crippen molar-refractivity contribution in [2.75, 3.05) is 6.54 Å². The molecule has 23 heavy (non-hydrogen) atoms. The zero-order valence-electron chi connectivity index (χ0n) is 16.4. The molecular weight excluding hydrogens is 290 g/mol. The number of ketones is 3. The van der Waals surface area contributed by atoms with Crippen LogP contribution in [-0.2, 0) is 14.4 Å². The largest absolute Gasteiger partial charge is 0.314 e. The molecule has 0 aromatic rings. The number of hydrogen-bond donors (Lipinski definition) is 1. The van der Waals surface area contributed by atoms with Crippen molar-refractivity contribution < 1.29 is 14.4 Å². The summed E-state index contributed by atoms with van der Waals surface area (Å²) in [4.78, 5) is 33.3. The normalized spacial score (nSPS) is 11.0. The maximum atomic E-state index is 11.1. The van der Waals surface area contributed by atoms with E-state index in [-0.39, 0.29) is 29.3 Å². The quantitative estimate of drug-likeness (QED) is 0.662. The second-order valence-electron chi connectivity index (χ2n) is 7.22. The SMILES string of the molecule is CC(C)C(=O)CCC(=O)C(C)C.CC(C)NCCC(=O)C(C)C. The molecule has 0 bridgehead atoms. The predicted octanol–water partition coefficient (Wildman–Crippen LogP) is 3.82. The minimum Gasteiger partial charge on any atom is -0.314 e. The molecule has 0 rings (SSSR count). The lowest BCUT2D eigenvalue weighted by atomic mass is 9.99. The van der Waals surface area contributed by atoms with Crippen molar-refractivity contribution in [2.24, 2.45) is 17.8 Å². The summed E-state index contributed by atoms with van der Waals surface area (Å²) < 4.78 is 0. The van der Waals surface area contributed by atoms with E-state index in [1.165, 1.54) is 0 Å². The lowest BCUT2D eigenvalue weighted by molar-refractivity contribution is -0.127. The Bertz CT molecular complexity index is 338. The number of hydrogen-bond acceptors (Lipinski definition) is 4. The maximum absolute atomic E-state index is 11.1. The molecule has 0 aromatic heterocycles. The predicted molar refractivity (Wildman–Crippen MR) is 96.5 cm³/mol. The summed E-state index contributed by atoms with van der Waals surface area (Å²) in [6.45, 7) is 16.3. The van der Waals surface area contributed by atoms with E-state index in [2.05, 4.69) is 19.2 Å². The van der Waals surface area contributed by atoms with Crippen molar-refractivity contribution in [1.29, 1.82) is 0 Å². The molecule has 0 aliphatic heterocycles. The summed E-state index contributed by atoms with van der Waals surface area (Å²) in [6, 6.07) is 0.481. The Hall–Kier alpha value is -1.03. The Balaban J connectivity index is 0. The highest BCUT2D eigenvalue weighted by Crippen LogP contribution is 2.06. The summed E-state index contributed by atoms with van der Waals surface area (Å²) in [5.74, 6) is 1.02. The molecule has 0 amide bonds. The molecule has 4 nitrogen and oxygen atoms in total. The molecule has 136 valence electrons. The third kappa shape index (κ3) is 15.6. The molecule has 0 fully saturated rings. The molecule has 0 radical (unpaired) electrons. The fraction of sp³-hybridized carbons (Fsp3) is 0.842. The van der Waals surface area contributed by atoms with Crippen LogP contribution in [0.25, 0.3) is 0 Å². The van der Waals surface area contributed by atoms with Gasteiger partial charge in [0.1, 0.15) is 17.3 Å². The van der Waals surface area contributed by atoms with Gasteiger partial charge in [0.2, 0.25) is 0 Å². The Morgan fingerprint density at radius 3 is 1.17 bits per heavy atom. The fourth-order valence-electron chi connectivity index (χ4n) is 1.60. The van der Waals surface area contributed by atoms with E-state index in [4.69, 9.17) is 0 Å². The van der Waals surface area contributed by atoms with E-state index >= 15 is 0 Å². The number of carbonyl (C=O) groups is 3.